The molecule has 0 unspecified atom stereocenters. The number of aromatic hydroxyl groups is 1. The third kappa shape index (κ3) is 2.78. The Balaban J connectivity index is 2.47. The highest BCUT2D eigenvalue weighted by Gasteiger charge is 2.30. The summed E-state index contributed by atoms with van der Waals surface area (Å²) >= 11 is 3.42. The number of aliphatic imine (C=N–C) groups is 1. The first-order chi connectivity index (χ1) is 9.47. The fourth-order valence-corrected chi connectivity index (χ4v) is 3.29. The van der Waals surface area contributed by atoms with Crippen molar-refractivity contribution in [3.8, 4) is 11.5 Å². The number of rotatable bonds is 2. The molecule has 1 amide bonds. The number of phenols is 1. The molecule has 20 heavy (non-hydrogen) atoms. The third-order valence-corrected chi connectivity index (χ3v) is 4.54. The molecule has 0 saturated carbocycles. The van der Waals surface area contributed by atoms with Gasteiger partial charge in [0.25, 0.3) is 5.91 Å². The molecule has 0 aromatic heterocycles. The molecule has 1 saturated heterocycles. The van der Waals surface area contributed by atoms with Crippen molar-refractivity contribution in [3.05, 3.63) is 26.2 Å². The fourth-order valence-electron chi connectivity index (χ4n) is 1.75. The van der Waals surface area contributed by atoms with Crippen LogP contribution in [0.4, 0.5) is 0 Å². The Hall–Kier alpha value is -1.22. The standard InChI is InChI=1S/C13H13IN2O3S/c1-15-13-16(2)12(18)10(20-13)5-7-4-8(14)6-9(19-3)11(7)17/h4-6,17H,1-3H3/b10-5+,15-13?. The van der Waals surface area contributed by atoms with E-state index in [0.717, 1.165) is 3.57 Å². The second-order valence-corrected chi connectivity index (χ2v) is 6.28. The Bertz CT molecular complexity index is 628. The average molecular weight is 404 g/mol. The Morgan fingerprint density at radius 2 is 2.20 bits per heavy atom. The number of likely N-dealkylation sites (N-methyl/N-ethyl adjacent to an activating group) is 1. The highest BCUT2D eigenvalue weighted by Crippen LogP contribution is 2.37. The van der Waals surface area contributed by atoms with E-state index in [1.165, 1.54) is 23.8 Å². The molecule has 1 fully saturated rings. The van der Waals surface area contributed by atoms with E-state index in [2.05, 4.69) is 27.6 Å². The Morgan fingerprint density at radius 3 is 2.75 bits per heavy atom. The summed E-state index contributed by atoms with van der Waals surface area (Å²) in [5.41, 5.74) is 0.551. The highest BCUT2D eigenvalue weighted by atomic mass is 127. The van der Waals surface area contributed by atoms with Gasteiger partial charge in [-0.05, 0) is 52.6 Å². The number of hydrogen-bond donors (Lipinski definition) is 1. The number of phenolic OH excluding ortho intramolecular Hbond substituents is 1. The third-order valence-electron chi connectivity index (χ3n) is 2.77. The average Bonchev–Trinajstić information content (AvgIpc) is 2.70. The molecule has 0 aliphatic carbocycles. The number of carbonyl (C=O) groups excluding carboxylic acids is 1. The van der Waals surface area contributed by atoms with Crippen LogP contribution in [0.25, 0.3) is 6.08 Å². The van der Waals surface area contributed by atoms with E-state index in [-0.39, 0.29) is 11.7 Å². The van der Waals surface area contributed by atoms with Gasteiger partial charge in [0, 0.05) is 23.2 Å². The highest BCUT2D eigenvalue weighted by molar-refractivity contribution is 14.1. The molecule has 1 heterocycles. The second kappa shape index (κ2) is 6.04. The first kappa shape index (κ1) is 15.2. The van der Waals surface area contributed by atoms with Gasteiger partial charge in [0.05, 0.1) is 12.0 Å². The minimum Gasteiger partial charge on any atom is -0.504 e. The van der Waals surface area contributed by atoms with Crippen LogP contribution in [0.15, 0.2) is 22.0 Å². The maximum atomic E-state index is 12.1. The minimum atomic E-state index is -0.132. The molecule has 1 N–H and O–H groups in total. The van der Waals surface area contributed by atoms with E-state index in [0.29, 0.717) is 21.4 Å². The smallest absolute Gasteiger partial charge is 0.266 e. The number of hydrogen-bond acceptors (Lipinski definition) is 5. The fraction of sp³-hybridized carbons (Fsp3) is 0.231. The molecule has 0 bridgehead atoms. The van der Waals surface area contributed by atoms with Gasteiger partial charge in [0.15, 0.2) is 16.7 Å². The Kier molecular flexibility index (Phi) is 4.59. The van der Waals surface area contributed by atoms with Gasteiger partial charge in [0.1, 0.15) is 0 Å². The van der Waals surface area contributed by atoms with Crippen LogP contribution in [0.3, 0.4) is 0 Å². The summed E-state index contributed by atoms with van der Waals surface area (Å²) in [6.45, 7) is 0. The van der Waals surface area contributed by atoms with Gasteiger partial charge < -0.3 is 9.84 Å². The minimum absolute atomic E-state index is 0.0263. The number of nitrogens with zero attached hydrogens (tertiary/aromatic N) is 2. The number of halogens is 1. The molecule has 0 atom stereocenters. The van der Waals surface area contributed by atoms with E-state index in [4.69, 9.17) is 4.74 Å². The summed E-state index contributed by atoms with van der Waals surface area (Å²) in [5, 5.41) is 10.7. The summed E-state index contributed by atoms with van der Waals surface area (Å²) in [5.74, 6) is 0.281. The van der Waals surface area contributed by atoms with E-state index in [1.807, 2.05) is 0 Å². The maximum absolute atomic E-state index is 12.1. The van der Waals surface area contributed by atoms with Crippen molar-refractivity contribution >= 4 is 51.5 Å². The van der Waals surface area contributed by atoms with Crippen LogP contribution in [0.1, 0.15) is 5.56 Å². The SMILES string of the molecule is CN=C1S/C(=C/c2cc(I)cc(OC)c2O)C(=O)N1C. The van der Waals surface area contributed by atoms with Crippen LogP contribution in [0.2, 0.25) is 0 Å². The van der Waals surface area contributed by atoms with Crippen molar-refractivity contribution in [2.75, 3.05) is 21.2 Å². The van der Waals surface area contributed by atoms with E-state index >= 15 is 0 Å². The summed E-state index contributed by atoms with van der Waals surface area (Å²) in [7, 11) is 4.81. The van der Waals surface area contributed by atoms with Gasteiger partial charge in [-0.25, -0.2) is 0 Å². The van der Waals surface area contributed by atoms with Gasteiger partial charge in [-0.3, -0.25) is 14.7 Å². The van der Waals surface area contributed by atoms with Gasteiger partial charge in [-0.2, -0.15) is 0 Å². The van der Waals surface area contributed by atoms with Crippen molar-refractivity contribution in [2.45, 2.75) is 0 Å². The molecule has 1 aromatic carbocycles. The van der Waals surface area contributed by atoms with Crippen molar-refractivity contribution in [1.82, 2.24) is 4.90 Å². The van der Waals surface area contributed by atoms with Crippen molar-refractivity contribution < 1.29 is 14.6 Å². The summed E-state index contributed by atoms with van der Waals surface area (Å²) < 4.78 is 6.03. The first-order valence-corrected chi connectivity index (χ1v) is 7.58. The van der Waals surface area contributed by atoms with Gasteiger partial charge in [-0.15, -0.1) is 0 Å². The van der Waals surface area contributed by atoms with Crippen LogP contribution >= 0.6 is 34.4 Å². The molecule has 0 radical (unpaired) electrons. The molecule has 0 spiro atoms. The summed E-state index contributed by atoms with van der Waals surface area (Å²) in [4.78, 5) is 18.1. The van der Waals surface area contributed by atoms with Crippen LogP contribution < -0.4 is 4.74 Å². The van der Waals surface area contributed by atoms with Crippen LogP contribution in [0.5, 0.6) is 11.5 Å². The zero-order valence-electron chi connectivity index (χ0n) is 11.2. The van der Waals surface area contributed by atoms with Crippen LogP contribution in [-0.4, -0.2) is 42.3 Å². The lowest BCUT2D eigenvalue weighted by Crippen LogP contribution is -2.23. The van der Waals surface area contributed by atoms with Crippen LogP contribution in [0, 0.1) is 3.57 Å². The molecular formula is C13H13IN2O3S. The van der Waals surface area contributed by atoms with E-state index in [9.17, 15) is 9.90 Å². The maximum Gasteiger partial charge on any atom is 0.266 e. The Labute approximate surface area is 134 Å². The lowest BCUT2D eigenvalue weighted by atomic mass is 10.1. The zero-order valence-corrected chi connectivity index (χ0v) is 14.2. The molecular weight excluding hydrogens is 391 g/mol. The number of carbonyl (C=O) groups is 1. The second-order valence-electron chi connectivity index (χ2n) is 4.03. The summed E-state index contributed by atoms with van der Waals surface area (Å²) in [6.07, 6.45) is 1.65. The first-order valence-electron chi connectivity index (χ1n) is 5.68. The molecule has 106 valence electrons. The van der Waals surface area contributed by atoms with Crippen LogP contribution in [-0.2, 0) is 4.79 Å². The number of benzene rings is 1. The molecule has 1 aromatic rings. The quantitative estimate of drug-likeness (QED) is 0.608. The molecule has 1 aliphatic heterocycles. The van der Waals surface area contributed by atoms with Crippen molar-refractivity contribution in [2.24, 2.45) is 4.99 Å². The van der Waals surface area contributed by atoms with Gasteiger partial charge in [0.2, 0.25) is 0 Å². The number of methoxy groups -OCH3 is 1. The topological polar surface area (TPSA) is 62.1 Å². The Morgan fingerprint density at radius 1 is 1.50 bits per heavy atom. The van der Waals surface area contributed by atoms with E-state index in [1.54, 1.807) is 32.3 Å². The lowest BCUT2D eigenvalue weighted by Gasteiger charge is -2.07. The van der Waals surface area contributed by atoms with Gasteiger partial charge in [-0.1, -0.05) is 0 Å². The lowest BCUT2D eigenvalue weighted by molar-refractivity contribution is -0.121. The molecule has 5 nitrogen and oxygen atoms in total. The molecule has 1 aliphatic rings. The predicted molar refractivity (Wildman–Crippen MR) is 89.1 cm³/mol. The predicted octanol–water partition coefficient (Wildman–Crippen LogP) is 2.54. The number of thioether (sulfide) groups is 1. The summed E-state index contributed by atoms with van der Waals surface area (Å²) in [6, 6.07) is 3.52. The molecule has 7 heteroatoms. The van der Waals surface area contributed by atoms with Crippen molar-refractivity contribution in [1.29, 1.82) is 0 Å². The molecule has 2 rings (SSSR count). The zero-order chi connectivity index (χ0) is 14.9. The normalized spacial score (nSPS) is 19.2. The number of ether oxygens (including phenoxy) is 1. The van der Waals surface area contributed by atoms with Gasteiger partial charge >= 0.3 is 0 Å². The largest absolute Gasteiger partial charge is 0.504 e. The van der Waals surface area contributed by atoms with E-state index < -0.39 is 0 Å². The van der Waals surface area contributed by atoms with Crippen molar-refractivity contribution in [3.63, 3.8) is 0 Å². The number of amidine groups is 1. The number of amides is 1. The monoisotopic (exact) mass is 404 g/mol.